The van der Waals surface area contributed by atoms with Crippen molar-refractivity contribution in [2.24, 2.45) is 14.1 Å². The molecule has 0 N–H and O–H groups in total. The smallest absolute Gasteiger partial charge is 0.390 e. The first-order valence-corrected chi connectivity index (χ1v) is 8.52. The molecule has 3 aromatic heterocycles. The van der Waals surface area contributed by atoms with E-state index in [-0.39, 0.29) is 22.9 Å². The number of aromatic nitrogens is 5. The third-order valence-corrected chi connectivity index (χ3v) is 4.89. The van der Waals surface area contributed by atoms with Crippen molar-refractivity contribution in [2.45, 2.75) is 6.54 Å². The van der Waals surface area contributed by atoms with Crippen LogP contribution in [0.1, 0.15) is 5.56 Å². The van der Waals surface area contributed by atoms with Gasteiger partial charge in [0.05, 0.1) is 5.52 Å². The number of aryl methyl sites for hydroxylation is 1. The number of halogens is 1. The first-order chi connectivity index (χ1) is 13.3. The van der Waals surface area contributed by atoms with E-state index in [0.717, 1.165) is 14.5 Å². The van der Waals surface area contributed by atoms with E-state index in [1.54, 1.807) is 12.1 Å². The summed E-state index contributed by atoms with van der Waals surface area (Å²) in [5, 5.41) is 12.5. The van der Waals surface area contributed by atoms with Crippen LogP contribution in [0.15, 0.2) is 39.9 Å². The van der Waals surface area contributed by atoms with Crippen LogP contribution >= 0.6 is 11.6 Å². The van der Waals surface area contributed by atoms with E-state index in [1.807, 2.05) is 18.2 Å². The molecule has 4 aromatic rings. The second kappa shape index (κ2) is 6.27. The van der Waals surface area contributed by atoms with E-state index in [1.165, 1.54) is 18.7 Å². The van der Waals surface area contributed by atoms with Gasteiger partial charge in [-0.1, -0.05) is 34.8 Å². The van der Waals surface area contributed by atoms with Gasteiger partial charge in [0.15, 0.2) is 0 Å². The Morgan fingerprint density at radius 1 is 1.14 bits per heavy atom. The molecule has 1 aromatic carbocycles. The van der Waals surface area contributed by atoms with E-state index in [2.05, 4.69) is 9.97 Å². The normalized spacial score (nSPS) is 11.4. The Labute approximate surface area is 161 Å². The second-order valence-corrected chi connectivity index (χ2v) is 6.62. The predicted octanol–water partition coefficient (Wildman–Crippen LogP) is 1.59. The predicted molar refractivity (Wildman–Crippen MR) is 103 cm³/mol. The molecule has 0 aliphatic carbocycles. The molecule has 0 spiro atoms. The molecule has 11 heteroatoms. The van der Waals surface area contributed by atoms with Crippen LogP contribution in [-0.2, 0) is 20.6 Å². The van der Waals surface area contributed by atoms with Crippen LogP contribution in [0.4, 0.5) is 5.95 Å². The number of fused-ring (bicyclic) bond motifs is 2. The van der Waals surface area contributed by atoms with Gasteiger partial charge in [-0.2, -0.15) is 0 Å². The Balaban J connectivity index is 2.02. The average Bonchev–Trinajstić information content (AvgIpc) is 3.05. The van der Waals surface area contributed by atoms with Gasteiger partial charge in [-0.15, -0.1) is 0 Å². The van der Waals surface area contributed by atoms with Crippen LogP contribution in [-0.4, -0.2) is 28.6 Å². The van der Waals surface area contributed by atoms with E-state index >= 15 is 0 Å². The molecule has 3 heterocycles. The molecule has 0 aliphatic heterocycles. The number of benzene rings is 1. The van der Waals surface area contributed by atoms with Crippen molar-refractivity contribution in [2.75, 3.05) is 0 Å². The zero-order valence-corrected chi connectivity index (χ0v) is 15.5. The molecule has 4 rings (SSSR count). The summed E-state index contributed by atoms with van der Waals surface area (Å²) in [7, 11) is 2.71. The Bertz CT molecular complexity index is 1400. The summed E-state index contributed by atoms with van der Waals surface area (Å²) in [6.07, 6.45) is 0. The van der Waals surface area contributed by atoms with Gasteiger partial charge in [0.1, 0.15) is 11.7 Å². The lowest BCUT2D eigenvalue weighted by molar-refractivity contribution is -0.396. The van der Waals surface area contributed by atoms with E-state index in [0.29, 0.717) is 11.1 Å². The van der Waals surface area contributed by atoms with Gasteiger partial charge < -0.3 is 10.1 Å². The Morgan fingerprint density at radius 3 is 2.57 bits per heavy atom. The minimum atomic E-state index is -0.706. The number of pyridine rings is 1. The summed E-state index contributed by atoms with van der Waals surface area (Å²) in [5.74, 6) is -0.558. The van der Waals surface area contributed by atoms with Crippen molar-refractivity contribution in [3.05, 3.63) is 72.0 Å². The number of nitro groups is 1. The van der Waals surface area contributed by atoms with Crippen LogP contribution in [0.5, 0.6) is 0 Å². The van der Waals surface area contributed by atoms with Crippen molar-refractivity contribution < 1.29 is 4.92 Å². The lowest BCUT2D eigenvalue weighted by Gasteiger charge is -2.08. The first kappa shape index (κ1) is 17.9. The fourth-order valence-corrected chi connectivity index (χ4v) is 3.39. The van der Waals surface area contributed by atoms with Crippen LogP contribution in [0.2, 0.25) is 5.15 Å². The number of para-hydroxylation sites is 1. The fourth-order valence-electron chi connectivity index (χ4n) is 3.18. The molecule has 142 valence electrons. The zero-order chi connectivity index (χ0) is 20.2. The lowest BCUT2D eigenvalue weighted by atomic mass is 10.1. The highest BCUT2D eigenvalue weighted by atomic mass is 35.5. The van der Waals surface area contributed by atoms with Gasteiger partial charge >= 0.3 is 17.2 Å². The third kappa shape index (κ3) is 2.57. The van der Waals surface area contributed by atoms with Crippen molar-refractivity contribution in [1.82, 2.24) is 23.7 Å². The monoisotopic (exact) mass is 400 g/mol. The van der Waals surface area contributed by atoms with Gasteiger partial charge in [0, 0.05) is 25.0 Å². The molecule has 0 bridgehead atoms. The van der Waals surface area contributed by atoms with Crippen LogP contribution in [0, 0.1) is 10.1 Å². The maximum Gasteiger partial charge on any atom is 0.437 e. The van der Waals surface area contributed by atoms with Gasteiger partial charge in [-0.25, -0.2) is 14.3 Å². The molecular formula is C17H13ClN6O4. The molecule has 0 amide bonds. The maximum atomic E-state index is 12.4. The number of hydrogen-bond donors (Lipinski definition) is 0. The highest BCUT2D eigenvalue weighted by Crippen LogP contribution is 2.25. The van der Waals surface area contributed by atoms with E-state index in [4.69, 9.17) is 11.6 Å². The third-order valence-electron chi connectivity index (χ3n) is 4.56. The quantitative estimate of drug-likeness (QED) is 0.293. The summed E-state index contributed by atoms with van der Waals surface area (Å²) < 4.78 is 3.20. The summed E-state index contributed by atoms with van der Waals surface area (Å²) in [4.78, 5) is 43.7. The Hall–Kier alpha value is -3.53. The van der Waals surface area contributed by atoms with Gasteiger partial charge in [0.25, 0.3) is 5.52 Å². The van der Waals surface area contributed by atoms with E-state index in [9.17, 15) is 19.7 Å². The number of rotatable bonds is 3. The summed E-state index contributed by atoms with van der Waals surface area (Å²) in [6, 6.07) is 9.07. The minimum absolute atomic E-state index is 0.0454. The van der Waals surface area contributed by atoms with Crippen LogP contribution in [0.25, 0.3) is 22.1 Å². The molecule has 28 heavy (non-hydrogen) atoms. The van der Waals surface area contributed by atoms with Crippen LogP contribution < -0.4 is 11.2 Å². The number of hydrogen-bond acceptors (Lipinski definition) is 6. The molecule has 0 saturated carbocycles. The fraction of sp³-hybridized carbons (Fsp3) is 0.176. The summed E-state index contributed by atoms with van der Waals surface area (Å²) in [6.45, 7) is -0.0794. The molecule has 10 nitrogen and oxygen atoms in total. The molecular weight excluding hydrogens is 388 g/mol. The van der Waals surface area contributed by atoms with Gasteiger partial charge in [-0.05, 0) is 17.1 Å². The summed E-state index contributed by atoms with van der Waals surface area (Å²) in [5.41, 5.74) is -0.262. The van der Waals surface area contributed by atoms with Gasteiger partial charge in [-0.3, -0.25) is 13.9 Å². The number of imidazole rings is 1. The van der Waals surface area contributed by atoms with E-state index < -0.39 is 22.1 Å². The maximum absolute atomic E-state index is 12.4. The largest absolute Gasteiger partial charge is 0.437 e. The molecule has 0 atom stereocenters. The topological polar surface area (TPSA) is 118 Å². The lowest BCUT2D eigenvalue weighted by Crippen LogP contribution is -2.37. The molecule has 0 aliphatic rings. The average molecular weight is 401 g/mol. The zero-order valence-electron chi connectivity index (χ0n) is 14.8. The Kier molecular flexibility index (Phi) is 4.00. The highest BCUT2D eigenvalue weighted by Gasteiger charge is 2.28. The molecule has 0 unspecified atom stereocenters. The van der Waals surface area contributed by atoms with Crippen molar-refractivity contribution >= 4 is 39.6 Å². The van der Waals surface area contributed by atoms with Crippen LogP contribution in [0.3, 0.4) is 0 Å². The molecule has 0 saturated heterocycles. The van der Waals surface area contributed by atoms with Crippen molar-refractivity contribution in [1.29, 1.82) is 0 Å². The SMILES string of the molecule is Cn1c(=O)c2nc([N+](=O)[O-])n(Cc3cc4ccccc4nc3Cl)c2n(C)c1=O. The molecule has 0 fully saturated rings. The van der Waals surface area contributed by atoms with Crippen molar-refractivity contribution in [3.8, 4) is 0 Å². The molecule has 0 radical (unpaired) electrons. The summed E-state index contributed by atoms with van der Waals surface area (Å²) >= 11 is 6.28. The minimum Gasteiger partial charge on any atom is -0.390 e. The standard InChI is InChI=1S/C17H13ClN6O4/c1-21-14-12(15(25)22(2)17(21)26)20-16(24(27)28)23(14)8-10-7-9-5-3-4-6-11(9)19-13(10)18/h3-7H,8H2,1-2H3. The second-order valence-electron chi connectivity index (χ2n) is 6.26. The number of nitrogens with zero attached hydrogens (tertiary/aromatic N) is 6. The van der Waals surface area contributed by atoms with Gasteiger partial charge in [0.2, 0.25) is 5.65 Å². The Morgan fingerprint density at radius 2 is 1.86 bits per heavy atom. The van der Waals surface area contributed by atoms with Crippen molar-refractivity contribution in [3.63, 3.8) is 0 Å². The first-order valence-electron chi connectivity index (χ1n) is 8.14. The highest BCUT2D eigenvalue weighted by molar-refractivity contribution is 6.30.